The van der Waals surface area contributed by atoms with Crippen molar-refractivity contribution >= 4 is 27.6 Å². The summed E-state index contributed by atoms with van der Waals surface area (Å²) in [5, 5.41) is 0.425. The number of rotatable bonds is 3. The molecule has 7 nitrogen and oxygen atoms in total. The van der Waals surface area contributed by atoms with Gasteiger partial charge in [0.1, 0.15) is 12.7 Å². The summed E-state index contributed by atoms with van der Waals surface area (Å²) in [5.41, 5.74) is 0. The summed E-state index contributed by atoms with van der Waals surface area (Å²) >= 11 is 5.78. The summed E-state index contributed by atoms with van der Waals surface area (Å²) in [4.78, 5) is 11.9. The number of fused-ring (bicyclic) bond motifs is 1. The van der Waals surface area contributed by atoms with Crippen LogP contribution in [0, 0.1) is 0 Å². The Labute approximate surface area is 132 Å². The zero-order valence-corrected chi connectivity index (χ0v) is 13.2. The topological polar surface area (TPSA) is 82.1 Å². The van der Waals surface area contributed by atoms with Crippen molar-refractivity contribution in [2.45, 2.75) is 23.3 Å². The van der Waals surface area contributed by atoms with E-state index in [1.54, 1.807) is 0 Å². The maximum atomic E-state index is 12.8. The standard InChI is InChI=1S/C13H14ClNO6S/c1-19-11-6-15(12-10(21-11)7-20-13(12)16)22(17,18)9-4-2-8(14)3-5-9/h2-5,10-12H,6-7H2,1H3. The minimum Gasteiger partial charge on any atom is -0.462 e. The summed E-state index contributed by atoms with van der Waals surface area (Å²) in [7, 11) is -2.48. The van der Waals surface area contributed by atoms with Gasteiger partial charge in [-0.3, -0.25) is 4.79 Å². The fourth-order valence-electron chi connectivity index (χ4n) is 2.53. The highest BCUT2D eigenvalue weighted by Crippen LogP contribution is 2.30. The van der Waals surface area contributed by atoms with Crippen LogP contribution in [-0.4, -0.2) is 57.4 Å². The number of cyclic esters (lactones) is 1. The molecule has 9 heteroatoms. The number of methoxy groups -OCH3 is 1. The van der Waals surface area contributed by atoms with E-state index in [4.69, 9.17) is 25.8 Å². The average Bonchev–Trinajstić information content (AvgIpc) is 2.88. The van der Waals surface area contributed by atoms with Crippen LogP contribution in [0.25, 0.3) is 0 Å². The Hall–Kier alpha value is -1.19. The van der Waals surface area contributed by atoms with Gasteiger partial charge in [-0.15, -0.1) is 0 Å². The molecule has 0 aromatic heterocycles. The number of sulfonamides is 1. The Morgan fingerprint density at radius 1 is 1.32 bits per heavy atom. The number of esters is 1. The van der Waals surface area contributed by atoms with E-state index in [-0.39, 0.29) is 18.0 Å². The van der Waals surface area contributed by atoms with Crippen molar-refractivity contribution < 1.29 is 27.4 Å². The zero-order valence-electron chi connectivity index (χ0n) is 11.6. The summed E-state index contributed by atoms with van der Waals surface area (Å²) in [5.74, 6) is -0.614. The van der Waals surface area contributed by atoms with Gasteiger partial charge in [-0.2, -0.15) is 4.31 Å². The highest BCUT2D eigenvalue weighted by molar-refractivity contribution is 7.89. The second-order valence-corrected chi connectivity index (χ2v) is 7.27. The molecule has 0 saturated carbocycles. The molecule has 2 saturated heterocycles. The van der Waals surface area contributed by atoms with Crippen LogP contribution in [0.3, 0.4) is 0 Å². The van der Waals surface area contributed by atoms with Crippen molar-refractivity contribution in [1.29, 1.82) is 0 Å². The molecule has 2 fully saturated rings. The molecule has 0 spiro atoms. The Kier molecular flexibility index (Phi) is 4.13. The molecule has 0 aliphatic carbocycles. The first-order chi connectivity index (χ1) is 10.4. The van der Waals surface area contributed by atoms with E-state index in [0.29, 0.717) is 5.02 Å². The lowest BCUT2D eigenvalue weighted by Crippen LogP contribution is -2.58. The summed E-state index contributed by atoms with van der Waals surface area (Å²) in [6, 6.07) is 4.75. The molecule has 3 atom stereocenters. The van der Waals surface area contributed by atoms with Gasteiger partial charge >= 0.3 is 5.97 Å². The Balaban J connectivity index is 1.99. The Morgan fingerprint density at radius 2 is 2.00 bits per heavy atom. The molecule has 2 heterocycles. The molecule has 0 bridgehead atoms. The zero-order chi connectivity index (χ0) is 15.9. The van der Waals surface area contributed by atoms with Crippen molar-refractivity contribution in [3.63, 3.8) is 0 Å². The van der Waals surface area contributed by atoms with Crippen LogP contribution in [0.4, 0.5) is 0 Å². The molecule has 2 aliphatic rings. The predicted octanol–water partition coefficient (Wildman–Crippen LogP) is 0.627. The van der Waals surface area contributed by atoms with Gasteiger partial charge in [-0.05, 0) is 24.3 Å². The van der Waals surface area contributed by atoms with Gasteiger partial charge in [-0.25, -0.2) is 8.42 Å². The van der Waals surface area contributed by atoms with Crippen LogP contribution < -0.4 is 0 Å². The lowest BCUT2D eigenvalue weighted by molar-refractivity contribution is -0.193. The van der Waals surface area contributed by atoms with Crippen LogP contribution in [0.2, 0.25) is 5.02 Å². The highest BCUT2D eigenvalue weighted by atomic mass is 35.5. The maximum absolute atomic E-state index is 12.8. The highest BCUT2D eigenvalue weighted by Gasteiger charge is 2.52. The van der Waals surface area contributed by atoms with E-state index in [2.05, 4.69) is 0 Å². The van der Waals surface area contributed by atoms with Gasteiger partial charge in [0.15, 0.2) is 12.3 Å². The molecule has 0 radical (unpaired) electrons. The van der Waals surface area contributed by atoms with Crippen molar-refractivity contribution in [2.75, 3.05) is 20.3 Å². The average molecular weight is 348 g/mol. The van der Waals surface area contributed by atoms with Gasteiger partial charge in [0.25, 0.3) is 0 Å². The first-order valence-corrected chi connectivity index (χ1v) is 8.37. The molecule has 120 valence electrons. The summed E-state index contributed by atoms with van der Waals surface area (Å²) in [6.45, 7) is -0.0757. The SMILES string of the molecule is COC1CN(S(=O)(=O)c2ccc(Cl)cc2)C2C(=O)OCC2O1. The number of halogens is 1. The lowest BCUT2D eigenvalue weighted by Gasteiger charge is -2.37. The third kappa shape index (κ3) is 2.61. The van der Waals surface area contributed by atoms with Crippen LogP contribution in [0.15, 0.2) is 29.2 Å². The monoisotopic (exact) mass is 347 g/mol. The molecule has 3 rings (SSSR count). The molecule has 0 N–H and O–H groups in total. The van der Waals surface area contributed by atoms with E-state index in [1.165, 1.54) is 31.4 Å². The normalized spacial score (nSPS) is 29.2. The quantitative estimate of drug-likeness (QED) is 0.746. The lowest BCUT2D eigenvalue weighted by atomic mass is 10.2. The van der Waals surface area contributed by atoms with E-state index < -0.39 is 34.4 Å². The molecule has 22 heavy (non-hydrogen) atoms. The number of ether oxygens (including phenoxy) is 3. The van der Waals surface area contributed by atoms with Gasteiger partial charge in [0.05, 0.1) is 11.4 Å². The van der Waals surface area contributed by atoms with Crippen LogP contribution in [-0.2, 0) is 29.0 Å². The largest absolute Gasteiger partial charge is 0.462 e. The second kappa shape index (κ2) is 5.78. The number of morpholine rings is 1. The van der Waals surface area contributed by atoms with Gasteiger partial charge in [-0.1, -0.05) is 11.6 Å². The van der Waals surface area contributed by atoms with Crippen LogP contribution in [0.5, 0.6) is 0 Å². The van der Waals surface area contributed by atoms with E-state index in [0.717, 1.165) is 4.31 Å². The van der Waals surface area contributed by atoms with Crippen LogP contribution >= 0.6 is 11.6 Å². The number of benzene rings is 1. The van der Waals surface area contributed by atoms with E-state index >= 15 is 0 Å². The minimum absolute atomic E-state index is 0.00992. The molecule has 1 aromatic carbocycles. The van der Waals surface area contributed by atoms with Crippen molar-refractivity contribution in [3.8, 4) is 0 Å². The van der Waals surface area contributed by atoms with Gasteiger partial charge < -0.3 is 14.2 Å². The fourth-order valence-corrected chi connectivity index (χ4v) is 4.24. The number of carbonyl (C=O) groups excluding carboxylic acids is 1. The Bertz CT molecular complexity index is 676. The third-order valence-electron chi connectivity index (χ3n) is 3.63. The molecule has 2 aliphatic heterocycles. The van der Waals surface area contributed by atoms with E-state index in [1.807, 2.05) is 0 Å². The van der Waals surface area contributed by atoms with Gasteiger partial charge in [0, 0.05) is 12.1 Å². The second-order valence-electron chi connectivity index (χ2n) is 4.94. The number of carbonyl (C=O) groups is 1. The number of hydrogen-bond donors (Lipinski definition) is 0. The molecular weight excluding hydrogens is 334 g/mol. The third-order valence-corrected chi connectivity index (χ3v) is 5.75. The maximum Gasteiger partial charge on any atom is 0.327 e. The first-order valence-electron chi connectivity index (χ1n) is 6.56. The van der Waals surface area contributed by atoms with Crippen LogP contribution in [0.1, 0.15) is 0 Å². The predicted molar refractivity (Wildman–Crippen MR) is 75.8 cm³/mol. The van der Waals surface area contributed by atoms with E-state index in [9.17, 15) is 13.2 Å². The Morgan fingerprint density at radius 3 is 2.64 bits per heavy atom. The van der Waals surface area contributed by atoms with Gasteiger partial charge in [0.2, 0.25) is 10.0 Å². The first kappa shape index (κ1) is 15.7. The van der Waals surface area contributed by atoms with Crippen molar-refractivity contribution in [3.05, 3.63) is 29.3 Å². The minimum atomic E-state index is -3.90. The van der Waals surface area contributed by atoms with Crippen molar-refractivity contribution in [2.24, 2.45) is 0 Å². The molecule has 3 unspecified atom stereocenters. The fraction of sp³-hybridized carbons (Fsp3) is 0.462. The molecular formula is C13H14ClNO6S. The number of nitrogens with zero attached hydrogens (tertiary/aromatic N) is 1. The summed E-state index contributed by atoms with van der Waals surface area (Å²) in [6.07, 6.45) is -1.42. The smallest absolute Gasteiger partial charge is 0.327 e. The molecule has 1 aromatic rings. The summed E-state index contributed by atoms with van der Waals surface area (Å²) < 4.78 is 42.2. The number of hydrogen-bond acceptors (Lipinski definition) is 6. The molecule has 0 amide bonds. The van der Waals surface area contributed by atoms with Crippen molar-refractivity contribution in [1.82, 2.24) is 4.31 Å².